The number of amides is 1. The van der Waals surface area contributed by atoms with E-state index in [0.29, 0.717) is 12.8 Å². The zero-order valence-electron chi connectivity index (χ0n) is 64.4. The maximum Gasteiger partial charge on any atom is 0.220 e. The predicted molar refractivity (Wildman–Crippen MR) is 406 cm³/mol. The number of rotatable bonds is 68. The topological polar surface area (TPSA) is 307 Å². The Morgan fingerprint density at radius 3 is 0.980 bits per heavy atom. The van der Waals surface area contributed by atoms with Crippen molar-refractivity contribution in [3.8, 4) is 0 Å². The first-order valence-electron chi connectivity index (χ1n) is 42.2. The van der Waals surface area contributed by atoms with E-state index in [-0.39, 0.29) is 18.9 Å². The number of hydrogen-bond donors (Lipinski definition) is 12. The molecule has 0 aromatic rings. The van der Waals surface area contributed by atoms with E-state index in [9.17, 15) is 61.0 Å². The molecule has 3 saturated heterocycles. The number of carbonyl (C=O) groups is 1. The molecule has 19 heteroatoms. The Balaban J connectivity index is 1.31. The lowest BCUT2D eigenvalue weighted by molar-refractivity contribution is -0.379. The standard InChI is InChI=1S/C83H155NO18/c1-3-5-7-9-11-13-15-17-19-21-23-24-25-26-27-28-29-30-31-32-33-34-35-36-37-38-39-40-41-43-45-47-49-51-53-55-57-59-61-71(89)84-66(67(88)60-58-56-54-52-50-48-46-44-42-22-20-18-16-14-12-10-8-6-4-2)65-97-81-77(95)74(92)79(69(63-86)99-81)102-83-78(96)75(93)80(70(64-87)100-83)101-82-76(94)73(91)72(90)68(62-85)98-82/h42,44,50,52,58,60,66-70,72-83,85-88,90-96H,3-41,43,45-49,51,53-57,59,61-65H2,1-2H3,(H,84,89)/b44-42+,52-50+,60-58+. The lowest BCUT2D eigenvalue weighted by Gasteiger charge is -2.48. The van der Waals surface area contributed by atoms with Crippen LogP contribution in [-0.2, 0) is 33.2 Å². The first-order chi connectivity index (χ1) is 49.8. The van der Waals surface area contributed by atoms with Gasteiger partial charge in [-0.1, -0.05) is 339 Å². The molecule has 17 unspecified atom stereocenters. The van der Waals surface area contributed by atoms with Crippen molar-refractivity contribution in [2.45, 2.75) is 458 Å². The van der Waals surface area contributed by atoms with Crippen molar-refractivity contribution in [1.29, 1.82) is 0 Å². The summed E-state index contributed by atoms with van der Waals surface area (Å²) in [7, 11) is 0. The fraction of sp³-hybridized carbons (Fsp3) is 0.916. The second-order valence-electron chi connectivity index (χ2n) is 30.3. The second-order valence-corrected chi connectivity index (χ2v) is 30.3. The second kappa shape index (κ2) is 63.9. The van der Waals surface area contributed by atoms with Gasteiger partial charge in [-0.2, -0.15) is 0 Å². The van der Waals surface area contributed by atoms with Crippen LogP contribution in [0.15, 0.2) is 36.5 Å². The van der Waals surface area contributed by atoms with Crippen molar-refractivity contribution in [1.82, 2.24) is 5.32 Å². The van der Waals surface area contributed by atoms with Crippen molar-refractivity contribution in [3.63, 3.8) is 0 Å². The molecular formula is C83H155NO18. The molecule has 1 amide bonds. The third-order valence-corrected chi connectivity index (χ3v) is 21.2. The fourth-order valence-electron chi connectivity index (χ4n) is 14.4. The van der Waals surface area contributed by atoms with E-state index in [1.165, 1.54) is 276 Å². The third-order valence-electron chi connectivity index (χ3n) is 21.2. The van der Waals surface area contributed by atoms with Gasteiger partial charge in [0.2, 0.25) is 5.91 Å². The van der Waals surface area contributed by atoms with Gasteiger partial charge < -0.3 is 89.9 Å². The van der Waals surface area contributed by atoms with Crippen molar-refractivity contribution >= 4 is 5.91 Å². The minimum Gasteiger partial charge on any atom is -0.394 e. The summed E-state index contributed by atoms with van der Waals surface area (Å²) in [6.45, 7) is 1.75. The number of carbonyl (C=O) groups excluding carboxylic acids is 1. The van der Waals surface area contributed by atoms with Crippen LogP contribution in [0.2, 0.25) is 0 Å². The number of aliphatic hydroxyl groups excluding tert-OH is 11. The summed E-state index contributed by atoms with van der Waals surface area (Å²) in [5.74, 6) is -0.283. The maximum absolute atomic E-state index is 13.5. The smallest absolute Gasteiger partial charge is 0.220 e. The quantitative estimate of drug-likeness (QED) is 0.0199. The molecule has 0 aromatic heterocycles. The summed E-state index contributed by atoms with van der Waals surface area (Å²) in [5.41, 5.74) is 0. The van der Waals surface area contributed by atoms with Crippen molar-refractivity contribution < 1.29 is 89.4 Å². The van der Waals surface area contributed by atoms with Crippen LogP contribution >= 0.6 is 0 Å². The van der Waals surface area contributed by atoms with Gasteiger partial charge in [0.15, 0.2) is 18.9 Å². The molecule has 0 saturated carbocycles. The van der Waals surface area contributed by atoms with E-state index in [1.807, 2.05) is 6.08 Å². The van der Waals surface area contributed by atoms with Gasteiger partial charge in [-0.25, -0.2) is 0 Å². The van der Waals surface area contributed by atoms with E-state index in [2.05, 4.69) is 43.5 Å². The van der Waals surface area contributed by atoms with Crippen LogP contribution in [0, 0.1) is 0 Å². The molecule has 12 N–H and O–H groups in total. The highest BCUT2D eigenvalue weighted by Crippen LogP contribution is 2.33. The number of allylic oxidation sites excluding steroid dienone is 5. The van der Waals surface area contributed by atoms with Gasteiger partial charge in [-0.05, 0) is 44.9 Å². The van der Waals surface area contributed by atoms with Gasteiger partial charge in [0.1, 0.15) is 73.2 Å². The number of nitrogens with one attached hydrogen (secondary N) is 1. The first-order valence-corrected chi connectivity index (χ1v) is 42.2. The molecular weight excluding hydrogens is 1300 g/mol. The van der Waals surface area contributed by atoms with Gasteiger partial charge in [0, 0.05) is 6.42 Å². The van der Waals surface area contributed by atoms with Gasteiger partial charge in [-0.3, -0.25) is 4.79 Å². The number of aliphatic hydroxyl groups is 11. The van der Waals surface area contributed by atoms with E-state index >= 15 is 0 Å². The Kier molecular flexibility index (Phi) is 59.0. The number of unbranched alkanes of at least 4 members (excludes halogenated alkanes) is 48. The largest absolute Gasteiger partial charge is 0.394 e. The average Bonchev–Trinajstić information content (AvgIpc) is 0.774. The molecule has 600 valence electrons. The highest BCUT2D eigenvalue weighted by atomic mass is 16.8. The van der Waals surface area contributed by atoms with E-state index < -0.39 is 124 Å². The Labute approximate surface area is 619 Å². The molecule has 0 bridgehead atoms. The average molecular weight is 1460 g/mol. The van der Waals surface area contributed by atoms with E-state index in [1.54, 1.807) is 6.08 Å². The van der Waals surface area contributed by atoms with Crippen LogP contribution < -0.4 is 5.32 Å². The zero-order valence-corrected chi connectivity index (χ0v) is 64.4. The number of hydrogen-bond acceptors (Lipinski definition) is 18. The molecule has 19 nitrogen and oxygen atoms in total. The molecule has 3 aliphatic heterocycles. The van der Waals surface area contributed by atoms with E-state index in [4.69, 9.17) is 28.4 Å². The summed E-state index contributed by atoms with van der Waals surface area (Å²) >= 11 is 0. The lowest BCUT2D eigenvalue weighted by atomic mass is 9.96. The molecule has 0 spiro atoms. The molecule has 3 aliphatic rings. The number of ether oxygens (including phenoxy) is 6. The minimum absolute atomic E-state index is 0.236. The zero-order chi connectivity index (χ0) is 73.9. The van der Waals surface area contributed by atoms with Crippen LogP contribution in [0.1, 0.15) is 354 Å². The first kappa shape index (κ1) is 94.2. The molecule has 0 radical (unpaired) electrons. The summed E-state index contributed by atoms with van der Waals surface area (Å²) in [6, 6.07) is -0.996. The molecule has 3 fully saturated rings. The highest BCUT2D eigenvalue weighted by molar-refractivity contribution is 5.76. The monoisotopic (exact) mass is 1450 g/mol. The molecule has 3 rings (SSSR count). The normalized spacial score (nSPS) is 26.3. The predicted octanol–water partition coefficient (Wildman–Crippen LogP) is 14.7. The van der Waals surface area contributed by atoms with Gasteiger partial charge in [0.05, 0.1) is 38.6 Å². The summed E-state index contributed by atoms with van der Waals surface area (Å²) in [5, 5.41) is 121. The Bertz CT molecular complexity index is 1980. The summed E-state index contributed by atoms with van der Waals surface area (Å²) < 4.78 is 34.4. The van der Waals surface area contributed by atoms with Crippen LogP contribution in [-0.4, -0.2) is 193 Å². The Morgan fingerprint density at radius 1 is 0.343 bits per heavy atom. The van der Waals surface area contributed by atoms with Crippen LogP contribution in [0.25, 0.3) is 0 Å². The summed E-state index contributed by atoms with van der Waals surface area (Å²) in [4.78, 5) is 13.5. The van der Waals surface area contributed by atoms with Crippen molar-refractivity contribution in [2.24, 2.45) is 0 Å². The van der Waals surface area contributed by atoms with Gasteiger partial charge >= 0.3 is 0 Å². The Morgan fingerprint density at radius 2 is 0.627 bits per heavy atom. The molecule has 17 atom stereocenters. The minimum atomic E-state index is -1.98. The van der Waals surface area contributed by atoms with Crippen molar-refractivity contribution in [3.05, 3.63) is 36.5 Å². The third kappa shape index (κ3) is 43.3. The fourth-order valence-corrected chi connectivity index (χ4v) is 14.4. The van der Waals surface area contributed by atoms with Crippen LogP contribution in [0.3, 0.4) is 0 Å². The van der Waals surface area contributed by atoms with Gasteiger partial charge in [-0.15, -0.1) is 0 Å². The molecule has 3 heterocycles. The lowest BCUT2D eigenvalue weighted by Crippen LogP contribution is -2.66. The molecule has 0 aromatic carbocycles. The van der Waals surface area contributed by atoms with Crippen molar-refractivity contribution in [2.75, 3.05) is 26.4 Å². The summed E-state index contributed by atoms with van der Waals surface area (Å²) in [6.07, 6.45) is 53.2. The maximum atomic E-state index is 13.5. The van der Waals surface area contributed by atoms with Crippen LogP contribution in [0.5, 0.6) is 0 Å². The molecule has 102 heavy (non-hydrogen) atoms. The van der Waals surface area contributed by atoms with E-state index in [0.717, 1.165) is 44.9 Å². The van der Waals surface area contributed by atoms with Gasteiger partial charge in [0.25, 0.3) is 0 Å². The highest BCUT2D eigenvalue weighted by Gasteiger charge is 2.54. The SMILES string of the molecule is CCCCCCCCCCC/C=C/CC/C=C/CC/C=C/C(O)C(COC1OC(CO)C(OC2OC(CO)C(OC3OC(CO)C(O)C(O)C3O)C(O)C2O)C(O)C1O)NC(=O)CCCCCCCCCCCCCCCCCCCCCCCCCCCCCCCCCCCCCCCC. The van der Waals surface area contributed by atoms with Crippen LogP contribution in [0.4, 0.5) is 0 Å². The Hall–Kier alpha value is -1.99. The molecule has 0 aliphatic carbocycles.